The fourth-order valence-electron chi connectivity index (χ4n) is 2.73. The molecule has 0 amide bonds. The molecule has 1 aromatic carbocycles. The largest absolute Gasteiger partial charge is 0.508 e. The van der Waals surface area contributed by atoms with Gasteiger partial charge in [-0.1, -0.05) is 17.7 Å². The van der Waals surface area contributed by atoms with Crippen molar-refractivity contribution in [2.24, 2.45) is 0 Å². The Bertz CT molecular complexity index is 591. The minimum absolute atomic E-state index is 0.199. The van der Waals surface area contributed by atoms with E-state index < -0.39 is 0 Å². The third-order valence-electron chi connectivity index (χ3n) is 3.96. The fraction of sp³-hybridized carbons (Fsp3) is 0.400. The lowest BCUT2D eigenvalue weighted by molar-refractivity contribution is 0.161. The smallest absolute Gasteiger partial charge is 0.122 e. The average Bonchev–Trinajstić information content (AvgIpc) is 2.88. The maximum absolute atomic E-state index is 10.0. The molecule has 19 heavy (non-hydrogen) atoms. The third-order valence-corrected chi connectivity index (χ3v) is 3.96. The molecule has 0 saturated carbocycles. The van der Waals surface area contributed by atoms with Gasteiger partial charge in [-0.25, -0.2) is 4.98 Å². The Labute approximate surface area is 113 Å². The van der Waals surface area contributed by atoms with Crippen molar-refractivity contribution in [3.05, 3.63) is 47.5 Å². The van der Waals surface area contributed by atoms with E-state index in [0.29, 0.717) is 5.75 Å². The number of fused-ring (bicyclic) bond motifs is 1. The zero-order valence-corrected chi connectivity index (χ0v) is 11.4. The Balaban J connectivity index is 1.85. The number of rotatable bonds is 2. The lowest BCUT2D eigenvalue weighted by Crippen LogP contribution is -2.35. The summed E-state index contributed by atoms with van der Waals surface area (Å²) in [6.45, 7) is 6.98. The fourth-order valence-corrected chi connectivity index (χ4v) is 2.73. The molecule has 1 atom stereocenters. The van der Waals surface area contributed by atoms with Gasteiger partial charge < -0.3 is 9.67 Å². The Kier molecular flexibility index (Phi) is 3.03. The Morgan fingerprint density at radius 2 is 2.16 bits per heavy atom. The van der Waals surface area contributed by atoms with Crippen LogP contribution in [0.1, 0.15) is 29.9 Å². The van der Waals surface area contributed by atoms with Gasteiger partial charge in [-0.15, -0.1) is 0 Å². The summed E-state index contributed by atoms with van der Waals surface area (Å²) in [6, 6.07) is 5.99. The Hall–Kier alpha value is -1.81. The molecule has 4 nitrogen and oxygen atoms in total. The maximum Gasteiger partial charge on any atom is 0.122 e. The van der Waals surface area contributed by atoms with Crippen molar-refractivity contribution in [3.8, 4) is 5.75 Å². The first kappa shape index (κ1) is 12.2. The van der Waals surface area contributed by atoms with Gasteiger partial charge in [0.15, 0.2) is 0 Å². The van der Waals surface area contributed by atoms with Crippen LogP contribution in [-0.4, -0.2) is 26.1 Å². The molecular formula is C15H19N3O. The lowest BCUT2D eigenvalue weighted by atomic mass is 10.0. The maximum atomic E-state index is 10.0. The number of aromatic nitrogens is 2. The van der Waals surface area contributed by atoms with Crippen LogP contribution in [0.4, 0.5) is 0 Å². The molecule has 0 spiro atoms. The standard InChI is InChI=1S/C15H19N3O/c1-11-3-4-14(19)13(9-11)12(2)18-8-7-17-6-5-16-15(17)10-18/h3-6,9,12,19H,7-8,10H2,1-2H3. The zero-order chi connectivity index (χ0) is 13.4. The first-order valence-corrected chi connectivity index (χ1v) is 6.69. The molecule has 0 fully saturated rings. The van der Waals surface area contributed by atoms with Crippen molar-refractivity contribution < 1.29 is 5.11 Å². The summed E-state index contributed by atoms with van der Waals surface area (Å²) in [5.41, 5.74) is 2.18. The second-order valence-electron chi connectivity index (χ2n) is 5.25. The van der Waals surface area contributed by atoms with Crippen LogP contribution in [0.2, 0.25) is 0 Å². The van der Waals surface area contributed by atoms with Gasteiger partial charge in [0.25, 0.3) is 0 Å². The summed E-state index contributed by atoms with van der Waals surface area (Å²) < 4.78 is 2.19. The van der Waals surface area contributed by atoms with Gasteiger partial charge in [0, 0.05) is 37.1 Å². The summed E-state index contributed by atoms with van der Waals surface area (Å²) >= 11 is 0. The SMILES string of the molecule is Cc1ccc(O)c(C(C)N2CCn3ccnc3C2)c1. The van der Waals surface area contributed by atoms with E-state index in [1.54, 1.807) is 6.07 Å². The summed E-state index contributed by atoms with van der Waals surface area (Å²) in [5, 5.41) is 10.0. The van der Waals surface area contributed by atoms with Gasteiger partial charge in [-0.3, -0.25) is 4.90 Å². The summed E-state index contributed by atoms with van der Waals surface area (Å²) in [7, 11) is 0. The average molecular weight is 257 g/mol. The predicted octanol–water partition coefficient (Wildman–Crippen LogP) is 2.47. The van der Waals surface area contributed by atoms with E-state index in [-0.39, 0.29) is 6.04 Å². The van der Waals surface area contributed by atoms with Gasteiger partial charge in [0.2, 0.25) is 0 Å². The molecule has 0 bridgehead atoms. The molecular weight excluding hydrogens is 238 g/mol. The van der Waals surface area contributed by atoms with E-state index in [4.69, 9.17) is 0 Å². The zero-order valence-electron chi connectivity index (χ0n) is 11.4. The molecule has 0 radical (unpaired) electrons. The molecule has 100 valence electrons. The van der Waals surface area contributed by atoms with E-state index in [9.17, 15) is 5.11 Å². The number of hydrogen-bond donors (Lipinski definition) is 1. The van der Waals surface area contributed by atoms with Crippen LogP contribution in [0.15, 0.2) is 30.6 Å². The Morgan fingerprint density at radius 3 is 3.00 bits per heavy atom. The topological polar surface area (TPSA) is 41.3 Å². The number of phenols is 1. The van der Waals surface area contributed by atoms with Gasteiger partial charge in [-0.2, -0.15) is 0 Å². The number of phenolic OH excluding ortho intramolecular Hbond substituents is 1. The summed E-state index contributed by atoms with van der Waals surface area (Å²) in [6.07, 6.45) is 3.88. The number of nitrogens with zero attached hydrogens (tertiary/aromatic N) is 3. The highest BCUT2D eigenvalue weighted by molar-refractivity contribution is 5.37. The van der Waals surface area contributed by atoms with E-state index in [0.717, 1.165) is 31.0 Å². The molecule has 1 aliphatic heterocycles. The van der Waals surface area contributed by atoms with Crippen LogP contribution in [-0.2, 0) is 13.1 Å². The van der Waals surface area contributed by atoms with Crippen molar-refractivity contribution in [1.29, 1.82) is 0 Å². The van der Waals surface area contributed by atoms with Crippen molar-refractivity contribution in [3.63, 3.8) is 0 Å². The van der Waals surface area contributed by atoms with Gasteiger partial charge in [0.05, 0.1) is 6.54 Å². The van der Waals surface area contributed by atoms with Crippen molar-refractivity contribution in [1.82, 2.24) is 14.5 Å². The van der Waals surface area contributed by atoms with Gasteiger partial charge in [-0.05, 0) is 19.9 Å². The molecule has 4 heteroatoms. The monoisotopic (exact) mass is 257 g/mol. The van der Waals surface area contributed by atoms with Crippen LogP contribution in [0.25, 0.3) is 0 Å². The molecule has 2 heterocycles. The normalized spacial score (nSPS) is 17.2. The van der Waals surface area contributed by atoms with E-state index in [1.165, 1.54) is 5.56 Å². The second-order valence-corrected chi connectivity index (χ2v) is 5.25. The van der Waals surface area contributed by atoms with Crippen LogP contribution in [0.5, 0.6) is 5.75 Å². The van der Waals surface area contributed by atoms with Crippen molar-refractivity contribution >= 4 is 0 Å². The highest BCUT2D eigenvalue weighted by Crippen LogP contribution is 2.31. The molecule has 1 aromatic heterocycles. The van der Waals surface area contributed by atoms with E-state index >= 15 is 0 Å². The highest BCUT2D eigenvalue weighted by atomic mass is 16.3. The second kappa shape index (κ2) is 4.70. The van der Waals surface area contributed by atoms with E-state index in [1.807, 2.05) is 18.5 Å². The summed E-state index contributed by atoms with van der Waals surface area (Å²) in [4.78, 5) is 6.74. The first-order valence-electron chi connectivity index (χ1n) is 6.69. The van der Waals surface area contributed by atoms with E-state index in [2.05, 4.69) is 34.4 Å². The number of imidazole rings is 1. The molecule has 0 aliphatic carbocycles. The number of benzene rings is 1. The van der Waals surface area contributed by atoms with Crippen LogP contribution in [0.3, 0.4) is 0 Å². The highest BCUT2D eigenvalue weighted by Gasteiger charge is 2.23. The summed E-state index contributed by atoms with van der Waals surface area (Å²) in [5.74, 6) is 1.48. The number of aromatic hydroxyl groups is 1. The van der Waals surface area contributed by atoms with Gasteiger partial charge in [0.1, 0.15) is 11.6 Å². The quantitative estimate of drug-likeness (QED) is 0.898. The number of aryl methyl sites for hydroxylation is 1. The first-order chi connectivity index (χ1) is 9.15. The molecule has 1 N–H and O–H groups in total. The molecule has 2 aromatic rings. The van der Waals surface area contributed by atoms with Crippen LogP contribution >= 0.6 is 0 Å². The minimum Gasteiger partial charge on any atom is -0.508 e. The molecule has 0 saturated heterocycles. The molecule has 3 rings (SSSR count). The van der Waals surface area contributed by atoms with Crippen molar-refractivity contribution in [2.45, 2.75) is 33.0 Å². The molecule has 1 unspecified atom stereocenters. The Morgan fingerprint density at radius 1 is 1.32 bits per heavy atom. The van der Waals surface area contributed by atoms with Crippen LogP contribution in [0, 0.1) is 6.92 Å². The van der Waals surface area contributed by atoms with Crippen LogP contribution < -0.4 is 0 Å². The molecule has 1 aliphatic rings. The minimum atomic E-state index is 0.199. The van der Waals surface area contributed by atoms with Crippen molar-refractivity contribution in [2.75, 3.05) is 6.54 Å². The third kappa shape index (κ3) is 2.24. The number of hydrogen-bond acceptors (Lipinski definition) is 3. The predicted molar refractivity (Wildman–Crippen MR) is 73.9 cm³/mol. The van der Waals surface area contributed by atoms with Gasteiger partial charge >= 0.3 is 0 Å². The lowest BCUT2D eigenvalue weighted by Gasteiger charge is -2.33.